The Morgan fingerprint density at radius 2 is 2.10 bits per heavy atom. The van der Waals surface area contributed by atoms with Crippen LogP contribution in [0.4, 0.5) is 0 Å². The van der Waals surface area contributed by atoms with E-state index < -0.39 is 0 Å². The predicted octanol–water partition coefficient (Wildman–Crippen LogP) is 3.49. The average molecular weight is 304 g/mol. The SMILES string of the molecule is NCc1ccc(OCC2OCCc3ccccc32)cc1Cl. The third-order valence-corrected chi connectivity index (χ3v) is 4.09. The highest BCUT2D eigenvalue weighted by Crippen LogP contribution is 2.28. The minimum atomic E-state index is -0.0251. The lowest BCUT2D eigenvalue weighted by atomic mass is 9.98. The molecule has 2 aromatic carbocycles. The molecule has 4 heteroatoms. The number of ether oxygens (including phenoxy) is 2. The molecule has 0 aromatic heterocycles. The first-order valence-electron chi connectivity index (χ1n) is 7.08. The van der Waals surface area contributed by atoms with Gasteiger partial charge >= 0.3 is 0 Å². The smallest absolute Gasteiger partial charge is 0.120 e. The van der Waals surface area contributed by atoms with Crippen LogP contribution in [-0.2, 0) is 17.7 Å². The van der Waals surface area contributed by atoms with Gasteiger partial charge in [-0.1, -0.05) is 41.9 Å². The third kappa shape index (κ3) is 3.21. The van der Waals surface area contributed by atoms with Crippen LogP contribution in [0.15, 0.2) is 42.5 Å². The zero-order valence-electron chi connectivity index (χ0n) is 11.7. The Labute approximate surface area is 129 Å². The summed E-state index contributed by atoms with van der Waals surface area (Å²) in [6.45, 7) is 1.64. The van der Waals surface area contributed by atoms with Gasteiger partial charge in [-0.3, -0.25) is 0 Å². The number of rotatable bonds is 4. The maximum Gasteiger partial charge on any atom is 0.120 e. The van der Waals surface area contributed by atoms with Gasteiger partial charge in [0.05, 0.1) is 6.61 Å². The second-order valence-corrected chi connectivity index (χ2v) is 5.48. The van der Waals surface area contributed by atoms with E-state index in [9.17, 15) is 0 Å². The summed E-state index contributed by atoms with van der Waals surface area (Å²) in [5.74, 6) is 0.740. The van der Waals surface area contributed by atoms with Crippen molar-refractivity contribution >= 4 is 11.6 Å². The summed E-state index contributed by atoms with van der Waals surface area (Å²) in [5.41, 5.74) is 9.08. The highest BCUT2D eigenvalue weighted by atomic mass is 35.5. The van der Waals surface area contributed by atoms with Crippen molar-refractivity contribution < 1.29 is 9.47 Å². The highest BCUT2D eigenvalue weighted by Gasteiger charge is 2.21. The maximum atomic E-state index is 6.14. The molecule has 1 atom stereocenters. The van der Waals surface area contributed by atoms with Gasteiger partial charge in [0.15, 0.2) is 0 Å². The van der Waals surface area contributed by atoms with Crippen molar-refractivity contribution in [1.29, 1.82) is 0 Å². The molecule has 1 aliphatic heterocycles. The molecule has 1 heterocycles. The summed E-state index contributed by atoms with van der Waals surface area (Å²) in [4.78, 5) is 0. The molecular formula is C17H18ClNO2. The average Bonchev–Trinajstić information content (AvgIpc) is 2.53. The Morgan fingerprint density at radius 1 is 1.24 bits per heavy atom. The first-order chi connectivity index (χ1) is 10.3. The standard InChI is InChI=1S/C17H18ClNO2/c18-16-9-14(6-5-13(16)10-19)21-11-17-15-4-2-1-3-12(15)7-8-20-17/h1-6,9,17H,7-8,10-11,19H2. The molecule has 2 N–H and O–H groups in total. The van der Waals surface area contributed by atoms with E-state index in [1.165, 1.54) is 11.1 Å². The van der Waals surface area contributed by atoms with E-state index in [4.69, 9.17) is 26.8 Å². The van der Waals surface area contributed by atoms with Crippen LogP contribution < -0.4 is 10.5 Å². The van der Waals surface area contributed by atoms with Crippen molar-refractivity contribution in [3.63, 3.8) is 0 Å². The summed E-state index contributed by atoms with van der Waals surface area (Å²) in [7, 11) is 0. The molecule has 0 spiro atoms. The molecule has 2 aromatic rings. The molecule has 21 heavy (non-hydrogen) atoms. The van der Waals surface area contributed by atoms with Gasteiger partial charge in [0, 0.05) is 11.6 Å². The summed E-state index contributed by atoms with van der Waals surface area (Å²) in [5, 5.41) is 0.639. The number of fused-ring (bicyclic) bond motifs is 1. The van der Waals surface area contributed by atoms with Gasteiger partial charge in [-0.25, -0.2) is 0 Å². The molecule has 0 bridgehead atoms. The predicted molar refractivity (Wildman–Crippen MR) is 83.7 cm³/mol. The fourth-order valence-corrected chi connectivity index (χ4v) is 2.82. The topological polar surface area (TPSA) is 44.5 Å². The molecule has 3 rings (SSSR count). The molecule has 3 nitrogen and oxygen atoms in total. The van der Waals surface area contributed by atoms with Crippen LogP contribution in [0.1, 0.15) is 22.8 Å². The van der Waals surface area contributed by atoms with Crippen LogP contribution in [0.5, 0.6) is 5.75 Å². The van der Waals surface area contributed by atoms with Crippen LogP contribution in [0, 0.1) is 0 Å². The van der Waals surface area contributed by atoms with E-state index in [0.717, 1.165) is 24.3 Å². The lowest BCUT2D eigenvalue weighted by Gasteiger charge is -2.26. The molecule has 0 saturated heterocycles. The fraction of sp³-hybridized carbons (Fsp3) is 0.294. The largest absolute Gasteiger partial charge is 0.490 e. The Morgan fingerprint density at radius 3 is 2.90 bits per heavy atom. The van der Waals surface area contributed by atoms with Crippen LogP contribution in [0.3, 0.4) is 0 Å². The summed E-state index contributed by atoms with van der Waals surface area (Å²) in [6.07, 6.45) is 0.937. The molecular weight excluding hydrogens is 286 g/mol. The Balaban J connectivity index is 1.70. The minimum Gasteiger partial charge on any atom is -0.490 e. The van der Waals surface area contributed by atoms with Crippen molar-refractivity contribution in [1.82, 2.24) is 0 Å². The Bertz CT molecular complexity index is 630. The lowest BCUT2D eigenvalue weighted by Crippen LogP contribution is -2.21. The lowest BCUT2D eigenvalue weighted by molar-refractivity contribution is 0.0102. The van der Waals surface area contributed by atoms with Crippen LogP contribution in [0.25, 0.3) is 0 Å². The summed E-state index contributed by atoms with van der Waals surface area (Å²) < 4.78 is 11.7. The first kappa shape index (κ1) is 14.4. The zero-order chi connectivity index (χ0) is 14.7. The molecule has 0 aliphatic carbocycles. The second-order valence-electron chi connectivity index (χ2n) is 5.08. The van der Waals surface area contributed by atoms with Crippen molar-refractivity contribution in [3.8, 4) is 5.75 Å². The van der Waals surface area contributed by atoms with Crippen LogP contribution in [0.2, 0.25) is 5.02 Å². The number of benzene rings is 2. The molecule has 1 unspecified atom stereocenters. The normalized spacial score (nSPS) is 17.3. The van der Waals surface area contributed by atoms with Gasteiger partial charge in [-0.15, -0.1) is 0 Å². The maximum absolute atomic E-state index is 6.14. The van der Waals surface area contributed by atoms with E-state index in [0.29, 0.717) is 18.2 Å². The van der Waals surface area contributed by atoms with E-state index in [1.807, 2.05) is 18.2 Å². The second kappa shape index (κ2) is 6.48. The Kier molecular flexibility index (Phi) is 4.44. The Hall–Kier alpha value is -1.55. The molecule has 1 aliphatic rings. The van der Waals surface area contributed by atoms with Gasteiger partial charge in [0.2, 0.25) is 0 Å². The summed E-state index contributed by atoms with van der Waals surface area (Å²) in [6, 6.07) is 13.9. The monoisotopic (exact) mass is 303 g/mol. The first-order valence-corrected chi connectivity index (χ1v) is 7.46. The minimum absolute atomic E-state index is 0.0251. The van der Waals surface area contributed by atoms with Crippen molar-refractivity contribution in [2.75, 3.05) is 13.2 Å². The highest BCUT2D eigenvalue weighted by molar-refractivity contribution is 6.31. The number of hydrogen-bond acceptors (Lipinski definition) is 3. The van der Waals surface area contributed by atoms with Crippen LogP contribution >= 0.6 is 11.6 Å². The van der Waals surface area contributed by atoms with Crippen molar-refractivity contribution in [3.05, 3.63) is 64.2 Å². The third-order valence-electron chi connectivity index (χ3n) is 3.74. The van der Waals surface area contributed by atoms with E-state index >= 15 is 0 Å². The van der Waals surface area contributed by atoms with Gasteiger partial charge in [0.1, 0.15) is 18.5 Å². The number of nitrogens with two attached hydrogens (primary N) is 1. The van der Waals surface area contributed by atoms with Gasteiger partial charge in [0.25, 0.3) is 0 Å². The molecule has 0 amide bonds. The number of hydrogen-bond donors (Lipinski definition) is 1. The van der Waals surface area contributed by atoms with Gasteiger partial charge in [-0.2, -0.15) is 0 Å². The van der Waals surface area contributed by atoms with Crippen LogP contribution in [-0.4, -0.2) is 13.2 Å². The number of halogens is 1. The van der Waals surface area contributed by atoms with Crippen molar-refractivity contribution in [2.45, 2.75) is 19.1 Å². The molecule has 110 valence electrons. The summed E-state index contributed by atoms with van der Waals surface area (Å²) >= 11 is 6.14. The molecule has 0 radical (unpaired) electrons. The zero-order valence-corrected chi connectivity index (χ0v) is 12.5. The fourth-order valence-electron chi connectivity index (χ4n) is 2.57. The molecule has 0 saturated carbocycles. The quantitative estimate of drug-likeness (QED) is 0.940. The van der Waals surface area contributed by atoms with Crippen molar-refractivity contribution in [2.24, 2.45) is 5.73 Å². The van der Waals surface area contributed by atoms with E-state index in [1.54, 1.807) is 6.07 Å². The van der Waals surface area contributed by atoms with E-state index in [2.05, 4.69) is 18.2 Å². The van der Waals surface area contributed by atoms with E-state index in [-0.39, 0.29) is 6.10 Å². The van der Waals surface area contributed by atoms with Gasteiger partial charge < -0.3 is 15.2 Å². The van der Waals surface area contributed by atoms with Gasteiger partial charge in [-0.05, 0) is 35.2 Å². The molecule has 0 fully saturated rings.